The molecule has 1 fully saturated rings. The molecule has 2 aromatic carbocycles. The number of carbonyl (C=O) groups excluding carboxylic acids is 2. The van der Waals surface area contributed by atoms with Crippen LogP contribution in [0.25, 0.3) is 16.9 Å². The van der Waals surface area contributed by atoms with Crippen LogP contribution in [0.4, 0.5) is 5.69 Å². The van der Waals surface area contributed by atoms with Crippen LogP contribution in [0.15, 0.2) is 54.9 Å². The van der Waals surface area contributed by atoms with Crippen LogP contribution in [0.3, 0.4) is 0 Å². The number of fused-ring (bicyclic) bond motifs is 1. The number of ketones is 1. The van der Waals surface area contributed by atoms with Crippen molar-refractivity contribution < 1.29 is 24.7 Å². The van der Waals surface area contributed by atoms with Crippen LogP contribution in [-0.2, 0) is 0 Å². The van der Waals surface area contributed by atoms with Gasteiger partial charge in [0, 0.05) is 48.7 Å². The zero-order valence-corrected chi connectivity index (χ0v) is 18.3. The highest BCUT2D eigenvalue weighted by Crippen LogP contribution is 2.37. The largest absolute Gasteiger partial charge is 0.507 e. The third-order valence-electron chi connectivity index (χ3n) is 5.95. The third kappa shape index (κ3) is 3.92. The second-order valence-corrected chi connectivity index (χ2v) is 8.17. The van der Waals surface area contributed by atoms with Crippen LogP contribution >= 0.6 is 0 Å². The smallest absolute Gasteiger partial charge is 0.311 e. The first-order chi connectivity index (χ1) is 16.8. The summed E-state index contributed by atoms with van der Waals surface area (Å²) >= 11 is 0. The molecule has 0 aliphatic carbocycles. The molecule has 0 bridgehead atoms. The molecule has 5 rings (SSSR count). The molecule has 4 aromatic rings. The predicted molar refractivity (Wildman–Crippen MR) is 123 cm³/mol. The van der Waals surface area contributed by atoms with Gasteiger partial charge in [-0.2, -0.15) is 5.10 Å². The van der Waals surface area contributed by atoms with E-state index < -0.39 is 33.5 Å². The van der Waals surface area contributed by atoms with E-state index >= 15 is 0 Å². The Hall–Kier alpha value is -4.80. The average molecular weight is 473 g/mol. The summed E-state index contributed by atoms with van der Waals surface area (Å²) in [6.45, 7) is 1.54. The van der Waals surface area contributed by atoms with Gasteiger partial charge < -0.3 is 15.1 Å². The molecule has 0 spiro atoms. The van der Waals surface area contributed by atoms with Crippen molar-refractivity contribution in [3.63, 3.8) is 0 Å². The number of amides is 1. The van der Waals surface area contributed by atoms with E-state index in [0.717, 1.165) is 43.6 Å². The summed E-state index contributed by atoms with van der Waals surface area (Å²) in [6.07, 6.45) is 4.63. The van der Waals surface area contributed by atoms with Crippen LogP contribution in [0.1, 0.15) is 39.1 Å². The number of nitro benzene ring substituents is 1. The fourth-order valence-corrected chi connectivity index (χ4v) is 4.11. The van der Waals surface area contributed by atoms with Gasteiger partial charge in [-0.1, -0.05) is 12.1 Å². The van der Waals surface area contributed by atoms with Gasteiger partial charge in [-0.25, -0.2) is 9.50 Å². The number of rotatable bonds is 5. The van der Waals surface area contributed by atoms with Gasteiger partial charge in [0.1, 0.15) is 11.3 Å². The van der Waals surface area contributed by atoms with E-state index in [1.807, 2.05) is 4.90 Å². The number of phenols is 2. The zero-order valence-electron chi connectivity index (χ0n) is 18.3. The quantitative estimate of drug-likeness (QED) is 0.255. The van der Waals surface area contributed by atoms with Gasteiger partial charge in [-0.05, 0) is 31.0 Å². The number of carbonyl (C=O) groups is 2. The molecule has 0 radical (unpaired) electrons. The zero-order chi connectivity index (χ0) is 24.7. The number of nitro groups is 1. The van der Waals surface area contributed by atoms with E-state index in [9.17, 15) is 29.9 Å². The molecule has 0 unspecified atom stereocenters. The molecule has 176 valence electrons. The standard InChI is InChI=1S/C24H19N5O6/c30-19-8-7-18(29(34)35)23(32)21(19)22(31)16-12-25-20-11-17(26-28(20)13-16)14-3-5-15(6-4-14)24(33)27-9-1-2-10-27/h3-8,11-13,30,32H,1-2,9-10H2. The molecule has 2 N–H and O–H groups in total. The van der Waals surface area contributed by atoms with Crippen molar-refractivity contribution in [2.45, 2.75) is 12.8 Å². The number of phenolic OH excluding ortho intramolecular Hbond substituents is 2. The van der Waals surface area contributed by atoms with Crippen molar-refractivity contribution in [2.24, 2.45) is 0 Å². The maximum Gasteiger partial charge on any atom is 0.311 e. The molecule has 35 heavy (non-hydrogen) atoms. The summed E-state index contributed by atoms with van der Waals surface area (Å²) in [5.74, 6) is -2.37. The number of hydrogen-bond donors (Lipinski definition) is 2. The Morgan fingerprint density at radius 1 is 1.00 bits per heavy atom. The monoisotopic (exact) mass is 473 g/mol. The second kappa shape index (κ2) is 8.52. The number of nitrogens with zero attached hydrogens (tertiary/aromatic N) is 5. The van der Waals surface area contributed by atoms with E-state index in [0.29, 0.717) is 16.9 Å². The highest BCUT2D eigenvalue weighted by Gasteiger charge is 2.27. The first-order valence-electron chi connectivity index (χ1n) is 10.8. The predicted octanol–water partition coefficient (Wildman–Crippen LogP) is 3.18. The number of benzene rings is 2. The Labute approximate surface area is 198 Å². The van der Waals surface area contributed by atoms with E-state index in [2.05, 4.69) is 10.1 Å². The lowest BCUT2D eigenvalue weighted by atomic mass is 10.0. The topological polar surface area (TPSA) is 151 Å². The fraction of sp³-hybridized carbons (Fsp3) is 0.167. The number of aromatic nitrogens is 3. The molecule has 11 heteroatoms. The van der Waals surface area contributed by atoms with Crippen molar-refractivity contribution in [1.29, 1.82) is 0 Å². The van der Waals surface area contributed by atoms with E-state index in [1.54, 1.807) is 30.3 Å². The number of likely N-dealkylation sites (tertiary alicyclic amines) is 1. The average Bonchev–Trinajstić information content (AvgIpc) is 3.53. The number of aromatic hydroxyl groups is 2. The van der Waals surface area contributed by atoms with Gasteiger partial charge in [0.15, 0.2) is 5.65 Å². The van der Waals surface area contributed by atoms with E-state index in [1.165, 1.54) is 16.9 Å². The van der Waals surface area contributed by atoms with Crippen molar-refractivity contribution in [3.8, 4) is 22.8 Å². The molecule has 2 aromatic heterocycles. The van der Waals surface area contributed by atoms with Gasteiger partial charge in [0.2, 0.25) is 11.5 Å². The van der Waals surface area contributed by atoms with Crippen LogP contribution < -0.4 is 0 Å². The Morgan fingerprint density at radius 3 is 2.40 bits per heavy atom. The molecule has 1 saturated heterocycles. The molecule has 1 amide bonds. The maximum atomic E-state index is 12.9. The van der Waals surface area contributed by atoms with Crippen molar-refractivity contribution in [2.75, 3.05) is 13.1 Å². The SMILES string of the molecule is O=C(c1cnc2cc(-c3ccc(C(=O)N4CCCC4)cc3)nn2c1)c1c(O)ccc([N+](=O)[O-])c1O. The summed E-state index contributed by atoms with van der Waals surface area (Å²) in [5, 5.41) is 35.8. The van der Waals surface area contributed by atoms with Crippen LogP contribution in [0.2, 0.25) is 0 Å². The van der Waals surface area contributed by atoms with Crippen LogP contribution in [0.5, 0.6) is 11.5 Å². The van der Waals surface area contributed by atoms with Gasteiger partial charge in [0.25, 0.3) is 5.91 Å². The minimum Gasteiger partial charge on any atom is -0.507 e. The van der Waals surface area contributed by atoms with Gasteiger partial charge in [-0.15, -0.1) is 0 Å². The molecular formula is C24H19N5O6. The number of hydrogen-bond acceptors (Lipinski definition) is 8. The first kappa shape index (κ1) is 22.0. The van der Waals surface area contributed by atoms with E-state index in [-0.39, 0.29) is 11.5 Å². The molecule has 1 aliphatic rings. The summed E-state index contributed by atoms with van der Waals surface area (Å²) in [7, 11) is 0. The fourth-order valence-electron chi connectivity index (χ4n) is 4.11. The molecular weight excluding hydrogens is 454 g/mol. The maximum absolute atomic E-state index is 12.9. The van der Waals surface area contributed by atoms with Crippen LogP contribution in [-0.4, -0.2) is 59.4 Å². The minimum absolute atomic E-state index is 0.00141. The lowest BCUT2D eigenvalue weighted by Crippen LogP contribution is -2.27. The van der Waals surface area contributed by atoms with Gasteiger partial charge in [0.05, 0.1) is 16.2 Å². The summed E-state index contributed by atoms with van der Waals surface area (Å²) < 4.78 is 1.36. The lowest BCUT2D eigenvalue weighted by Gasteiger charge is -2.15. The van der Waals surface area contributed by atoms with Crippen LogP contribution in [0, 0.1) is 10.1 Å². The molecule has 0 saturated carbocycles. The lowest BCUT2D eigenvalue weighted by molar-refractivity contribution is -0.385. The third-order valence-corrected chi connectivity index (χ3v) is 5.95. The Morgan fingerprint density at radius 2 is 1.71 bits per heavy atom. The Balaban J connectivity index is 1.44. The highest BCUT2D eigenvalue weighted by molar-refractivity contribution is 6.12. The first-order valence-corrected chi connectivity index (χ1v) is 10.8. The van der Waals surface area contributed by atoms with E-state index in [4.69, 9.17) is 0 Å². The van der Waals surface area contributed by atoms with Gasteiger partial charge in [-0.3, -0.25) is 19.7 Å². The van der Waals surface area contributed by atoms with Gasteiger partial charge >= 0.3 is 5.69 Å². The minimum atomic E-state index is -0.926. The van der Waals surface area contributed by atoms with Crippen molar-refractivity contribution in [1.82, 2.24) is 19.5 Å². The summed E-state index contributed by atoms with van der Waals surface area (Å²) in [4.78, 5) is 41.8. The Kier molecular flexibility index (Phi) is 5.36. The van der Waals surface area contributed by atoms with Crippen molar-refractivity contribution >= 4 is 23.0 Å². The highest BCUT2D eigenvalue weighted by atomic mass is 16.6. The molecule has 0 atom stereocenters. The molecule has 1 aliphatic heterocycles. The molecule has 11 nitrogen and oxygen atoms in total. The molecule has 3 heterocycles. The normalized spacial score (nSPS) is 13.3. The summed E-state index contributed by atoms with van der Waals surface area (Å²) in [5.41, 5.74) is 1.01. The second-order valence-electron chi connectivity index (χ2n) is 8.17. The van der Waals surface area contributed by atoms with Crippen molar-refractivity contribution in [3.05, 3.63) is 81.7 Å². The summed E-state index contributed by atoms with van der Waals surface area (Å²) in [6, 6.07) is 10.7. The Bertz CT molecular complexity index is 1490.